The lowest BCUT2D eigenvalue weighted by Gasteiger charge is -2.39. The van der Waals surface area contributed by atoms with Gasteiger partial charge in [-0.3, -0.25) is 9.59 Å². The van der Waals surface area contributed by atoms with E-state index in [1.165, 1.54) is 57.8 Å². The molecule has 1 saturated heterocycles. The minimum Gasteiger partial charge on any atom is -0.394 e. The molecule has 41 heavy (non-hydrogen) atoms. The second-order valence-electron chi connectivity index (χ2n) is 11.5. The third-order valence-electron chi connectivity index (χ3n) is 7.76. The summed E-state index contributed by atoms with van der Waals surface area (Å²) in [5.74, 6) is -0.651. The summed E-state index contributed by atoms with van der Waals surface area (Å²) in [6, 6.07) is -1.01. The van der Waals surface area contributed by atoms with Crippen LogP contribution in [0.3, 0.4) is 0 Å². The third kappa shape index (κ3) is 16.8. The van der Waals surface area contributed by atoms with Crippen LogP contribution in [0.25, 0.3) is 0 Å². The maximum absolute atomic E-state index is 12.9. The number of carbonyl (C=O) groups is 2. The van der Waals surface area contributed by atoms with Gasteiger partial charge in [0.05, 0.1) is 13.2 Å². The first kappa shape index (κ1) is 37.7. The Labute approximate surface area is 248 Å². The Kier molecular flexibility index (Phi) is 22.2. The molecular formula is C31H60N2O8. The quantitative estimate of drug-likeness (QED) is 0.0885. The van der Waals surface area contributed by atoms with Crippen LogP contribution in [-0.4, -0.2) is 88.7 Å². The predicted octanol–water partition coefficient (Wildman–Crippen LogP) is 3.47. The van der Waals surface area contributed by atoms with E-state index < -0.39 is 49.3 Å². The Morgan fingerprint density at radius 3 is 1.78 bits per heavy atom. The highest BCUT2D eigenvalue weighted by molar-refractivity contribution is 5.87. The van der Waals surface area contributed by atoms with Gasteiger partial charge in [0.2, 0.25) is 11.8 Å². The van der Waals surface area contributed by atoms with Crippen LogP contribution in [-0.2, 0) is 19.1 Å². The fraction of sp³-hybridized carbons (Fsp3) is 0.935. The zero-order valence-electron chi connectivity index (χ0n) is 25.7. The van der Waals surface area contributed by atoms with Crippen LogP contribution in [0.5, 0.6) is 0 Å². The van der Waals surface area contributed by atoms with E-state index in [0.29, 0.717) is 13.0 Å². The summed E-state index contributed by atoms with van der Waals surface area (Å²) in [4.78, 5) is 25.5. The average Bonchev–Trinajstić information content (AvgIpc) is 2.97. The number of rotatable bonds is 25. The second kappa shape index (κ2) is 24.2. The van der Waals surface area contributed by atoms with E-state index in [9.17, 15) is 30.0 Å². The van der Waals surface area contributed by atoms with Crippen LogP contribution in [0, 0.1) is 0 Å². The summed E-state index contributed by atoms with van der Waals surface area (Å²) in [6.45, 7) is 3.97. The fourth-order valence-electron chi connectivity index (χ4n) is 5.04. The molecule has 6 atom stereocenters. The Balaban J connectivity index is 2.44. The number of nitrogens with one attached hydrogen (secondary N) is 2. The molecule has 0 aliphatic carbocycles. The molecule has 6 N–H and O–H groups in total. The maximum Gasteiger partial charge on any atom is 0.244 e. The van der Waals surface area contributed by atoms with Gasteiger partial charge < -0.3 is 40.5 Å². The lowest BCUT2D eigenvalue weighted by Crippen LogP contribution is -2.60. The van der Waals surface area contributed by atoms with E-state index in [0.717, 1.165) is 51.4 Å². The average molecular weight is 589 g/mol. The highest BCUT2D eigenvalue weighted by atomic mass is 16.7. The molecule has 0 aromatic rings. The predicted molar refractivity (Wildman–Crippen MR) is 159 cm³/mol. The van der Waals surface area contributed by atoms with Crippen molar-refractivity contribution in [2.75, 3.05) is 19.8 Å². The van der Waals surface area contributed by atoms with Crippen LogP contribution in [0.15, 0.2) is 0 Å². The second-order valence-corrected chi connectivity index (χ2v) is 11.5. The Bertz CT molecular complexity index is 666. The zero-order valence-corrected chi connectivity index (χ0v) is 25.7. The number of ether oxygens (including phenoxy) is 2. The number of amides is 2. The molecule has 10 heteroatoms. The molecule has 1 aliphatic heterocycles. The van der Waals surface area contributed by atoms with E-state index in [-0.39, 0.29) is 12.5 Å². The van der Waals surface area contributed by atoms with Crippen molar-refractivity contribution in [3.8, 4) is 0 Å². The van der Waals surface area contributed by atoms with Crippen molar-refractivity contribution in [2.45, 2.75) is 166 Å². The van der Waals surface area contributed by atoms with Gasteiger partial charge in [-0.05, 0) is 12.8 Å². The molecule has 1 heterocycles. The smallest absolute Gasteiger partial charge is 0.244 e. The summed E-state index contributed by atoms with van der Waals surface area (Å²) < 4.78 is 11.0. The summed E-state index contributed by atoms with van der Waals surface area (Å²) in [5.41, 5.74) is 0. The summed E-state index contributed by atoms with van der Waals surface area (Å²) >= 11 is 0. The first-order chi connectivity index (χ1) is 19.8. The monoisotopic (exact) mass is 588 g/mol. The number of carbonyl (C=O) groups excluding carboxylic acids is 2. The van der Waals surface area contributed by atoms with Crippen molar-refractivity contribution < 1.29 is 39.5 Å². The highest BCUT2D eigenvalue weighted by Gasteiger charge is 2.44. The first-order valence-corrected chi connectivity index (χ1v) is 16.3. The molecule has 242 valence electrons. The Morgan fingerprint density at radius 2 is 1.24 bits per heavy atom. The van der Waals surface area contributed by atoms with Crippen molar-refractivity contribution in [3.05, 3.63) is 0 Å². The van der Waals surface area contributed by atoms with Gasteiger partial charge in [0.15, 0.2) is 6.29 Å². The molecule has 0 aromatic heterocycles. The molecule has 0 aromatic carbocycles. The van der Waals surface area contributed by atoms with Crippen molar-refractivity contribution >= 4 is 11.8 Å². The van der Waals surface area contributed by atoms with E-state index >= 15 is 0 Å². The van der Waals surface area contributed by atoms with Crippen LogP contribution in [0.4, 0.5) is 0 Å². The van der Waals surface area contributed by atoms with Gasteiger partial charge in [-0.25, -0.2) is 0 Å². The van der Waals surface area contributed by atoms with Gasteiger partial charge in [-0.1, -0.05) is 110 Å². The van der Waals surface area contributed by atoms with Gasteiger partial charge in [0, 0.05) is 13.0 Å². The van der Waals surface area contributed by atoms with Crippen LogP contribution in [0.2, 0.25) is 0 Å². The molecule has 0 radical (unpaired) electrons. The Morgan fingerprint density at radius 1 is 0.732 bits per heavy atom. The van der Waals surface area contributed by atoms with E-state index in [2.05, 4.69) is 24.5 Å². The van der Waals surface area contributed by atoms with Crippen molar-refractivity contribution in [1.82, 2.24) is 10.6 Å². The SMILES string of the molecule is CCCCCCCCCCCCCCNC(=O)[C@H](CO[C@@H]1O[C@H](CO)[C@H](O)[C@H](O)[C@H]1O)NC(=O)CCCCCCC. The van der Waals surface area contributed by atoms with Crippen LogP contribution < -0.4 is 10.6 Å². The molecule has 1 rings (SSSR count). The van der Waals surface area contributed by atoms with Gasteiger partial charge in [0.25, 0.3) is 0 Å². The first-order valence-electron chi connectivity index (χ1n) is 16.3. The van der Waals surface area contributed by atoms with Gasteiger partial charge in [-0.2, -0.15) is 0 Å². The van der Waals surface area contributed by atoms with Crippen molar-refractivity contribution in [1.29, 1.82) is 0 Å². The summed E-state index contributed by atoms with van der Waals surface area (Å²) in [6.07, 6.45) is 12.8. The molecule has 0 spiro atoms. The van der Waals surface area contributed by atoms with Gasteiger partial charge in [-0.15, -0.1) is 0 Å². The van der Waals surface area contributed by atoms with Gasteiger partial charge >= 0.3 is 0 Å². The topological polar surface area (TPSA) is 158 Å². The van der Waals surface area contributed by atoms with Crippen molar-refractivity contribution in [2.24, 2.45) is 0 Å². The summed E-state index contributed by atoms with van der Waals surface area (Å²) in [5, 5.41) is 45.2. The molecule has 0 bridgehead atoms. The standard InChI is InChI=1S/C31H60N2O8/c1-3-5-7-9-10-11-12-13-14-15-17-19-21-32-30(39)24(33-26(35)20-18-16-8-6-4-2)23-40-31-29(38)28(37)27(36)25(22-34)41-31/h24-25,27-29,31,34,36-38H,3-23H2,1-2H3,(H,32,39)(H,33,35)/t24-,25+,27-,28-,29+,31+/m0/s1. The number of hydrogen-bond acceptors (Lipinski definition) is 8. The van der Waals surface area contributed by atoms with Gasteiger partial charge in [0.1, 0.15) is 30.5 Å². The molecule has 1 aliphatic rings. The maximum atomic E-state index is 12.9. The molecule has 10 nitrogen and oxygen atoms in total. The number of hydrogen-bond donors (Lipinski definition) is 6. The van der Waals surface area contributed by atoms with Crippen molar-refractivity contribution in [3.63, 3.8) is 0 Å². The highest BCUT2D eigenvalue weighted by Crippen LogP contribution is 2.22. The van der Waals surface area contributed by atoms with Crippen LogP contribution in [0.1, 0.15) is 129 Å². The normalized spacial score (nSPS) is 23.3. The largest absolute Gasteiger partial charge is 0.394 e. The lowest BCUT2D eigenvalue weighted by molar-refractivity contribution is -0.301. The molecular weight excluding hydrogens is 528 g/mol. The number of aliphatic hydroxyl groups is 4. The molecule has 0 unspecified atom stereocenters. The zero-order chi connectivity index (χ0) is 30.3. The lowest BCUT2D eigenvalue weighted by atomic mass is 9.99. The Hall–Kier alpha value is -1.30. The van der Waals surface area contributed by atoms with Crippen LogP contribution >= 0.6 is 0 Å². The van der Waals surface area contributed by atoms with E-state index in [4.69, 9.17) is 9.47 Å². The minimum absolute atomic E-state index is 0.260. The minimum atomic E-state index is -1.58. The fourth-order valence-corrected chi connectivity index (χ4v) is 5.04. The van der Waals surface area contributed by atoms with E-state index in [1.54, 1.807) is 0 Å². The third-order valence-corrected chi connectivity index (χ3v) is 7.76. The molecule has 0 saturated carbocycles. The number of unbranched alkanes of at least 4 members (excludes halogenated alkanes) is 15. The molecule has 2 amide bonds. The van der Waals surface area contributed by atoms with E-state index in [1.807, 2.05) is 0 Å². The molecule has 1 fully saturated rings. The summed E-state index contributed by atoms with van der Waals surface area (Å²) in [7, 11) is 0. The number of aliphatic hydroxyl groups excluding tert-OH is 4.